The average Bonchev–Trinajstić information content (AvgIpc) is 2.37. The summed E-state index contributed by atoms with van der Waals surface area (Å²) in [4.78, 5) is 15.1. The van der Waals surface area contributed by atoms with E-state index in [1.165, 1.54) is 0 Å². The summed E-state index contributed by atoms with van der Waals surface area (Å²) in [5.74, 6) is 1.52. The highest BCUT2D eigenvalue weighted by Crippen LogP contribution is 2.19. The van der Waals surface area contributed by atoms with Crippen LogP contribution >= 0.6 is 24.0 Å². The van der Waals surface area contributed by atoms with Crippen molar-refractivity contribution >= 4 is 35.1 Å². The monoisotopic (exact) mass is 316 g/mol. The zero-order valence-corrected chi connectivity index (χ0v) is 13.1. The maximum Gasteiger partial charge on any atom is 0.259 e. The first-order chi connectivity index (χ1) is 8.96. The molecule has 0 aromatic heterocycles. The fourth-order valence-electron chi connectivity index (χ4n) is 1.77. The Bertz CT molecular complexity index is 498. The Morgan fingerprint density at radius 1 is 1.40 bits per heavy atom. The van der Waals surface area contributed by atoms with E-state index in [0.29, 0.717) is 5.75 Å². The number of carbonyl (C=O) groups excluding carboxylic acids is 1. The van der Waals surface area contributed by atoms with E-state index in [1.807, 2.05) is 12.1 Å². The molecule has 0 fully saturated rings. The Morgan fingerprint density at radius 3 is 2.55 bits per heavy atom. The molecule has 0 radical (unpaired) electrons. The fraction of sp³-hybridized carbons (Fsp3) is 0.429. The van der Waals surface area contributed by atoms with E-state index in [-0.39, 0.29) is 24.4 Å². The first-order valence-electron chi connectivity index (χ1n) is 6.16. The predicted molar refractivity (Wildman–Crippen MR) is 83.2 cm³/mol. The van der Waals surface area contributed by atoms with Gasteiger partial charge in [0.1, 0.15) is 11.6 Å². The Balaban J connectivity index is 0.00000200. The van der Waals surface area contributed by atoms with Gasteiger partial charge in [-0.1, -0.05) is 13.8 Å². The molecular weight excluding hydrogens is 299 g/mol. The number of amidine groups is 1. The van der Waals surface area contributed by atoms with Gasteiger partial charge in [0.2, 0.25) is 0 Å². The SMILES string of the molecule is CC1(C)CN=C(c2ccc(OCC(=O)Cl)cc2)NC1.Cl. The molecule has 0 atom stereocenters. The number of benzene rings is 1. The van der Waals surface area contributed by atoms with Gasteiger partial charge in [0.15, 0.2) is 6.61 Å². The molecule has 1 aromatic carbocycles. The lowest BCUT2D eigenvalue weighted by atomic mass is 9.92. The van der Waals surface area contributed by atoms with Gasteiger partial charge in [0, 0.05) is 24.1 Å². The van der Waals surface area contributed by atoms with Gasteiger partial charge < -0.3 is 10.1 Å². The predicted octanol–water partition coefficient (Wildman–Crippen LogP) is 2.63. The molecule has 1 aromatic rings. The highest BCUT2D eigenvalue weighted by atomic mass is 35.5. The van der Waals surface area contributed by atoms with Gasteiger partial charge in [-0.15, -0.1) is 12.4 Å². The molecule has 6 heteroatoms. The first kappa shape index (κ1) is 16.8. The van der Waals surface area contributed by atoms with Crippen molar-refractivity contribution in [3.05, 3.63) is 29.8 Å². The molecule has 0 amide bonds. The van der Waals surface area contributed by atoms with Crippen LogP contribution in [0, 0.1) is 5.41 Å². The first-order valence-corrected chi connectivity index (χ1v) is 6.54. The molecule has 4 nitrogen and oxygen atoms in total. The van der Waals surface area contributed by atoms with E-state index in [0.717, 1.165) is 24.5 Å². The number of nitrogens with one attached hydrogen (secondary N) is 1. The third-order valence-corrected chi connectivity index (χ3v) is 2.99. The molecule has 0 saturated carbocycles. The minimum Gasteiger partial charge on any atom is -0.484 e. The number of nitrogens with zero attached hydrogens (tertiary/aromatic N) is 1. The van der Waals surface area contributed by atoms with Crippen LogP contribution in [0.5, 0.6) is 5.75 Å². The summed E-state index contributed by atoms with van der Waals surface area (Å²) in [6, 6.07) is 7.44. The second kappa shape index (κ2) is 6.95. The number of hydrogen-bond donors (Lipinski definition) is 1. The molecule has 0 saturated heterocycles. The lowest BCUT2D eigenvalue weighted by molar-refractivity contribution is -0.113. The van der Waals surface area contributed by atoms with Gasteiger partial charge >= 0.3 is 0 Å². The number of rotatable bonds is 4. The summed E-state index contributed by atoms with van der Waals surface area (Å²) in [6.07, 6.45) is 0. The van der Waals surface area contributed by atoms with E-state index < -0.39 is 5.24 Å². The lowest BCUT2D eigenvalue weighted by Crippen LogP contribution is -2.41. The summed E-state index contributed by atoms with van der Waals surface area (Å²) in [7, 11) is 0. The van der Waals surface area contributed by atoms with Crippen LogP contribution in [0.3, 0.4) is 0 Å². The number of ether oxygens (including phenoxy) is 1. The lowest BCUT2D eigenvalue weighted by Gasteiger charge is -2.29. The molecule has 0 aliphatic carbocycles. The van der Waals surface area contributed by atoms with Gasteiger partial charge in [-0.3, -0.25) is 9.79 Å². The van der Waals surface area contributed by atoms with Crippen LogP contribution in [0.4, 0.5) is 0 Å². The summed E-state index contributed by atoms with van der Waals surface area (Å²) in [5, 5.41) is 2.82. The van der Waals surface area contributed by atoms with Gasteiger partial charge in [-0.2, -0.15) is 0 Å². The molecule has 110 valence electrons. The van der Waals surface area contributed by atoms with Gasteiger partial charge in [-0.05, 0) is 35.9 Å². The van der Waals surface area contributed by atoms with Gasteiger partial charge in [-0.25, -0.2) is 0 Å². The Hall–Kier alpha value is -1.26. The summed E-state index contributed by atoms with van der Waals surface area (Å²) in [5.41, 5.74) is 1.22. The highest BCUT2D eigenvalue weighted by Gasteiger charge is 2.22. The minimum absolute atomic E-state index is 0. The molecule has 1 aliphatic rings. The summed E-state index contributed by atoms with van der Waals surface area (Å²) >= 11 is 5.21. The van der Waals surface area contributed by atoms with Crippen LogP contribution in [-0.2, 0) is 4.79 Å². The zero-order chi connectivity index (χ0) is 13.9. The van der Waals surface area contributed by atoms with Crippen LogP contribution in [0.25, 0.3) is 0 Å². The second-order valence-corrected chi connectivity index (χ2v) is 5.77. The third kappa shape index (κ3) is 4.69. The maximum atomic E-state index is 10.6. The van der Waals surface area contributed by atoms with Crippen molar-refractivity contribution in [2.45, 2.75) is 13.8 Å². The second-order valence-electron chi connectivity index (χ2n) is 5.35. The van der Waals surface area contributed by atoms with Crippen molar-refractivity contribution in [1.82, 2.24) is 5.32 Å². The standard InChI is InChI=1S/C14H17ClN2O2.ClH/c1-14(2)8-16-13(17-9-14)10-3-5-11(6-4-10)19-7-12(15)18;/h3-6H,7-9H2,1-2H3,(H,16,17);1H. The maximum absolute atomic E-state index is 10.6. The smallest absolute Gasteiger partial charge is 0.259 e. The van der Waals surface area contributed by atoms with Crippen molar-refractivity contribution < 1.29 is 9.53 Å². The van der Waals surface area contributed by atoms with Crippen molar-refractivity contribution in [2.24, 2.45) is 10.4 Å². The zero-order valence-electron chi connectivity index (χ0n) is 11.5. The number of aliphatic imine (C=N–C) groups is 1. The van der Waals surface area contributed by atoms with E-state index in [9.17, 15) is 4.79 Å². The largest absolute Gasteiger partial charge is 0.484 e. The van der Waals surface area contributed by atoms with Crippen LogP contribution < -0.4 is 10.1 Å². The van der Waals surface area contributed by atoms with E-state index in [4.69, 9.17) is 16.3 Å². The number of carbonyl (C=O) groups is 1. The van der Waals surface area contributed by atoms with Crippen LogP contribution in [0.2, 0.25) is 0 Å². The summed E-state index contributed by atoms with van der Waals surface area (Å²) in [6.45, 7) is 5.97. The molecule has 0 spiro atoms. The van der Waals surface area contributed by atoms with E-state index in [1.54, 1.807) is 12.1 Å². The van der Waals surface area contributed by atoms with Gasteiger partial charge in [0.05, 0.1) is 0 Å². The van der Waals surface area contributed by atoms with Crippen molar-refractivity contribution in [3.63, 3.8) is 0 Å². The molecule has 0 unspecified atom stereocenters. The molecule has 1 heterocycles. The number of hydrogen-bond acceptors (Lipinski definition) is 4. The van der Waals surface area contributed by atoms with Crippen molar-refractivity contribution in [3.8, 4) is 5.75 Å². The van der Waals surface area contributed by atoms with E-state index in [2.05, 4.69) is 24.2 Å². The summed E-state index contributed by atoms with van der Waals surface area (Å²) < 4.78 is 5.20. The van der Waals surface area contributed by atoms with Crippen molar-refractivity contribution in [2.75, 3.05) is 19.7 Å². The molecule has 1 N–H and O–H groups in total. The molecule has 0 bridgehead atoms. The normalized spacial score (nSPS) is 16.4. The topological polar surface area (TPSA) is 50.7 Å². The number of halogens is 2. The Labute approximate surface area is 130 Å². The highest BCUT2D eigenvalue weighted by molar-refractivity contribution is 6.63. The van der Waals surface area contributed by atoms with Gasteiger partial charge in [0.25, 0.3) is 5.24 Å². The molecular formula is C14H18Cl2N2O2. The van der Waals surface area contributed by atoms with Crippen LogP contribution in [0.15, 0.2) is 29.3 Å². The third-order valence-electron chi connectivity index (χ3n) is 2.88. The van der Waals surface area contributed by atoms with Crippen LogP contribution in [0.1, 0.15) is 19.4 Å². The minimum atomic E-state index is -0.510. The molecule has 1 aliphatic heterocycles. The Kier molecular flexibility index (Phi) is 5.84. The molecule has 20 heavy (non-hydrogen) atoms. The van der Waals surface area contributed by atoms with Crippen molar-refractivity contribution in [1.29, 1.82) is 0 Å². The molecule has 2 rings (SSSR count). The van der Waals surface area contributed by atoms with Crippen LogP contribution in [-0.4, -0.2) is 30.8 Å². The van der Waals surface area contributed by atoms with E-state index >= 15 is 0 Å². The fourth-order valence-corrected chi connectivity index (χ4v) is 1.82. The Morgan fingerprint density at radius 2 is 2.05 bits per heavy atom. The quantitative estimate of drug-likeness (QED) is 0.869. The average molecular weight is 317 g/mol.